The standard InChI is InChI=1S/C11H10BrClN2O2S/c1-18(16,17)10-6-14-15(7-10)11-3-2-9(12)4-8(11)5-13/h2-4,6-7H,5H2,1H3. The maximum Gasteiger partial charge on any atom is 0.178 e. The van der Waals surface area contributed by atoms with Gasteiger partial charge in [0.05, 0.1) is 11.9 Å². The zero-order valence-corrected chi connectivity index (χ0v) is 12.6. The zero-order chi connectivity index (χ0) is 13.3. The lowest BCUT2D eigenvalue weighted by Crippen LogP contribution is -1.99. The third-order valence-electron chi connectivity index (χ3n) is 2.42. The summed E-state index contributed by atoms with van der Waals surface area (Å²) in [4.78, 5) is 0.186. The molecule has 0 N–H and O–H groups in total. The minimum atomic E-state index is -3.24. The van der Waals surface area contributed by atoms with E-state index in [4.69, 9.17) is 11.6 Å². The zero-order valence-electron chi connectivity index (χ0n) is 9.47. The fourth-order valence-electron chi connectivity index (χ4n) is 1.51. The lowest BCUT2D eigenvalue weighted by molar-refractivity contribution is 0.602. The molecule has 1 aromatic carbocycles. The molecule has 18 heavy (non-hydrogen) atoms. The molecule has 0 fully saturated rings. The topological polar surface area (TPSA) is 52.0 Å². The number of rotatable bonds is 3. The van der Waals surface area contributed by atoms with Crippen molar-refractivity contribution in [2.24, 2.45) is 0 Å². The molecule has 0 atom stereocenters. The summed E-state index contributed by atoms with van der Waals surface area (Å²) in [5.41, 5.74) is 1.64. The first-order valence-electron chi connectivity index (χ1n) is 5.01. The third-order valence-corrected chi connectivity index (χ3v) is 4.27. The van der Waals surface area contributed by atoms with Gasteiger partial charge in [0.15, 0.2) is 9.84 Å². The molecule has 0 radical (unpaired) electrons. The van der Waals surface area contributed by atoms with E-state index in [2.05, 4.69) is 21.0 Å². The van der Waals surface area contributed by atoms with Crippen molar-refractivity contribution in [2.75, 3.05) is 6.26 Å². The molecule has 2 aromatic rings. The molecule has 1 aromatic heterocycles. The first-order valence-corrected chi connectivity index (χ1v) is 8.23. The van der Waals surface area contributed by atoms with E-state index in [9.17, 15) is 8.42 Å². The highest BCUT2D eigenvalue weighted by Crippen LogP contribution is 2.22. The molecule has 7 heteroatoms. The van der Waals surface area contributed by atoms with Crippen LogP contribution in [-0.4, -0.2) is 24.5 Å². The summed E-state index contributed by atoms with van der Waals surface area (Å²) >= 11 is 9.23. The Hall–Kier alpha value is -0.850. The second-order valence-electron chi connectivity index (χ2n) is 3.80. The molecule has 0 aliphatic rings. The molecule has 4 nitrogen and oxygen atoms in total. The average Bonchev–Trinajstić information content (AvgIpc) is 2.77. The van der Waals surface area contributed by atoms with E-state index in [0.29, 0.717) is 5.88 Å². The van der Waals surface area contributed by atoms with Crippen molar-refractivity contribution < 1.29 is 8.42 Å². The molecular formula is C11H10BrClN2O2S. The van der Waals surface area contributed by atoms with Crippen molar-refractivity contribution in [3.05, 3.63) is 40.6 Å². The van der Waals surface area contributed by atoms with Crippen molar-refractivity contribution in [2.45, 2.75) is 10.8 Å². The van der Waals surface area contributed by atoms with Crippen LogP contribution in [0.15, 0.2) is 40.0 Å². The highest BCUT2D eigenvalue weighted by molar-refractivity contribution is 9.10. The predicted molar refractivity (Wildman–Crippen MR) is 73.9 cm³/mol. The van der Waals surface area contributed by atoms with Gasteiger partial charge in [-0.1, -0.05) is 15.9 Å². The average molecular weight is 350 g/mol. The molecule has 0 spiro atoms. The van der Waals surface area contributed by atoms with Gasteiger partial charge in [-0.15, -0.1) is 11.6 Å². The fraction of sp³-hybridized carbons (Fsp3) is 0.182. The quantitative estimate of drug-likeness (QED) is 0.801. The second-order valence-corrected chi connectivity index (χ2v) is 7.00. The van der Waals surface area contributed by atoms with Crippen molar-refractivity contribution in [3.8, 4) is 5.69 Å². The van der Waals surface area contributed by atoms with E-state index >= 15 is 0 Å². The molecule has 0 bridgehead atoms. The summed E-state index contributed by atoms with van der Waals surface area (Å²) < 4.78 is 25.2. The van der Waals surface area contributed by atoms with Crippen LogP contribution in [0.2, 0.25) is 0 Å². The largest absolute Gasteiger partial charge is 0.239 e. The van der Waals surface area contributed by atoms with Crippen LogP contribution in [0.4, 0.5) is 0 Å². The molecule has 0 amide bonds. The van der Waals surface area contributed by atoms with Crippen LogP contribution in [-0.2, 0) is 15.7 Å². The summed E-state index contributed by atoms with van der Waals surface area (Å²) in [6, 6.07) is 5.57. The first kappa shape index (κ1) is 13.6. The molecular weight excluding hydrogens is 340 g/mol. The molecule has 96 valence electrons. The number of halogens is 2. The van der Waals surface area contributed by atoms with E-state index < -0.39 is 9.84 Å². The molecule has 0 unspecified atom stereocenters. The van der Waals surface area contributed by atoms with Gasteiger partial charge in [-0.25, -0.2) is 13.1 Å². The summed E-state index contributed by atoms with van der Waals surface area (Å²) in [5.74, 6) is 0.322. The molecule has 2 rings (SSSR count). The summed E-state index contributed by atoms with van der Waals surface area (Å²) in [6.45, 7) is 0. The minimum Gasteiger partial charge on any atom is -0.239 e. The van der Waals surface area contributed by atoms with Crippen LogP contribution >= 0.6 is 27.5 Å². The first-order chi connectivity index (χ1) is 8.41. The SMILES string of the molecule is CS(=O)(=O)c1cnn(-c2ccc(Br)cc2CCl)c1. The minimum absolute atomic E-state index is 0.186. The van der Waals surface area contributed by atoms with Gasteiger partial charge in [0.2, 0.25) is 0 Å². The Kier molecular flexibility index (Phi) is 3.79. The Morgan fingerprint density at radius 1 is 1.44 bits per heavy atom. The highest BCUT2D eigenvalue weighted by atomic mass is 79.9. The Balaban J connectivity index is 2.53. The van der Waals surface area contributed by atoms with Crippen molar-refractivity contribution in [1.29, 1.82) is 0 Å². The van der Waals surface area contributed by atoms with Crippen LogP contribution in [0.1, 0.15) is 5.56 Å². The maximum absolute atomic E-state index is 11.4. The molecule has 0 aliphatic carbocycles. The van der Waals surface area contributed by atoms with Crippen LogP contribution in [0.5, 0.6) is 0 Å². The van der Waals surface area contributed by atoms with Gasteiger partial charge < -0.3 is 0 Å². The number of nitrogens with zero attached hydrogens (tertiary/aromatic N) is 2. The highest BCUT2D eigenvalue weighted by Gasteiger charge is 2.12. The van der Waals surface area contributed by atoms with Crippen molar-refractivity contribution in [3.63, 3.8) is 0 Å². The van der Waals surface area contributed by atoms with E-state index in [0.717, 1.165) is 22.0 Å². The smallest absolute Gasteiger partial charge is 0.178 e. The summed E-state index contributed by atoms with van der Waals surface area (Å²) in [5, 5.41) is 4.05. The lowest BCUT2D eigenvalue weighted by atomic mass is 10.2. The fourth-order valence-corrected chi connectivity index (χ4v) is 2.67. The van der Waals surface area contributed by atoms with Gasteiger partial charge in [-0.05, 0) is 23.8 Å². The van der Waals surface area contributed by atoms with Crippen LogP contribution in [0, 0.1) is 0 Å². The number of hydrogen-bond acceptors (Lipinski definition) is 3. The van der Waals surface area contributed by atoms with E-state index in [1.807, 2.05) is 18.2 Å². The predicted octanol–water partition coefficient (Wildman–Crippen LogP) is 2.78. The van der Waals surface area contributed by atoms with Gasteiger partial charge in [-0.2, -0.15) is 5.10 Å². The molecule has 0 saturated carbocycles. The number of alkyl halides is 1. The normalized spacial score (nSPS) is 11.7. The third kappa shape index (κ3) is 2.76. The number of benzene rings is 1. The van der Waals surface area contributed by atoms with Gasteiger partial charge in [0.1, 0.15) is 4.90 Å². The Labute approximate surface area is 119 Å². The lowest BCUT2D eigenvalue weighted by Gasteiger charge is -2.07. The Morgan fingerprint density at radius 2 is 2.17 bits per heavy atom. The van der Waals surface area contributed by atoms with Crippen molar-refractivity contribution >= 4 is 37.4 Å². The number of aromatic nitrogens is 2. The number of sulfone groups is 1. The molecule has 0 aliphatic heterocycles. The van der Waals surface area contributed by atoms with Gasteiger partial charge in [-0.3, -0.25) is 0 Å². The second kappa shape index (κ2) is 5.03. The van der Waals surface area contributed by atoms with Gasteiger partial charge in [0.25, 0.3) is 0 Å². The van der Waals surface area contributed by atoms with E-state index in [1.54, 1.807) is 0 Å². The van der Waals surface area contributed by atoms with Gasteiger partial charge in [0, 0.05) is 22.8 Å². The van der Waals surface area contributed by atoms with Crippen molar-refractivity contribution in [1.82, 2.24) is 9.78 Å². The van der Waals surface area contributed by atoms with Crippen LogP contribution in [0.25, 0.3) is 5.69 Å². The maximum atomic E-state index is 11.4. The van der Waals surface area contributed by atoms with Gasteiger partial charge >= 0.3 is 0 Å². The summed E-state index contributed by atoms with van der Waals surface area (Å²) in [6.07, 6.45) is 3.96. The Bertz CT molecular complexity index is 682. The molecule has 0 saturated heterocycles. The summed E-state index contributed by atoms with van der Waals surface area (Å²) in [7, 11) is -3.24. The van der Waals surface area contributed by atoms with E-state index in [1.165, 1.54) is 17.1 Å². The monoisotopic (exact) mass is 348 g/mol. The van der Waals surface area contributed by atoms with Crippen LogP contribution < -0.4 is 0 Å². The number of hydrogen-bond donors (Lipinski definition) is 0. The van der Waals surface area contributed by atoms with E-state index in [-0.39, 0.29) is 4.90 Å². The molecule has 1 heterocycles. The Morgan fingerprint density at radius 3 is 2.72 bits per heavy atom. The van der Waals surface area contributed by atoms with Crippen LogP contribution in [0.3, 0.4) is 0 Å².